The molecule has 21 heavy (non-hydrogen) atoms. The molecule has 0 aromatic rings. The van der Waals surface area contributed by atoms with Gasteiger partial charge in [0, 0.05) is 57.9 Å². The highest BCUT2D eigenvalue weighted by molar-refractivity contribution is 5.85. The largest absolute Gasteiger partial charge is 0.381 e. The normalized spacial score (nSPS) is 22.1. The molecule has 1 N–H and O–H groups in total. The van der Waals surface area contributed by atoms with Crippen molar-refractivity contribution in [3.8, 4) is 0 Å². The lowest BCUT2D eigenvalue weighted by molar-refractivity contribution is -0.137. The van der Waals surface area contributed by atoms with E-state index < -0.39 is 0 Å². The first-order chi connectivity index (χ1) is 9.22. The van der Waals surface area contributed by atoms with Crippen LogP contribution < -0.4 is 5.32 Å². The zero-order valence-corrected chi connectivity index (χ0v) is 14.7. The number of amides is 1. The third-order valence-corrected chi connectivity index (χ3v) is 4.27. The van der Waals surface area contributed by atoms with Gasteiger partial charge >= 0.3 is 0 Å². The molecule has 2 aliphatic heterocycles. The van der Waals surface area contributed by atoms with Crippen LogP contribution in [-0.2, 0) is 9.53 Å². The number of rotatable bonds is 4. The highest BCUT2D eigenvalue weighted by Crippen LogP contribution is 2.17. The van der Waals surface area contributed by atoms with Crippen LogP contribution in [-0.4, -0.2) is 74.7 Å². The Labute approximate surface area is 140 Å². The highest BCUT2D eigenvalue weighted by atomic mass is 35.5. The van der Waals surface area contributed by atoms with Crippen LogP contribution >= 0.6 is 24.8 Å². The van der Waals surface area contributed by atoms with E-state index in [0.717, 1.165) is 58.8 Å². The average molecular weight is 342 g/mol. The van der Waals surface area contributed by atoms with Crippen LogP contribution in [0.4, 0.5) is 0 Å². The van der Waals surface area contributed by atoms with Crippen molar-refractivity contribution in [2.75, 3.05) is 53.0 Å². The Bertz CT molecular complexity index is 294. The van der Waals surface area contributed by atoms with Crippen molar-refractivity contribution in [3.63, 3.8) is 0 Å². The lowest BCUT2D eigenvalue weighted by Crippen LogP contribution is -2.54. The van der Waals surface area contributed by atoms with Gasteiger partial charge in [0.1, 0.15) is 0 Å². The number of nitrogens with one attached hydrogen (secondary N) is 1. The predicted molar refractivity (Wildman–Crippen MR) is 89.6 cm³/mol. The quantitative estimate of drug-likeness (QED) is 0.828. The molecular weight excluding hydrogens is 313 g/mol. The summed E-state index contributed by atoms with van der Waals surface area (Å²) >= 11 is 0. The lowest BCUT2D eigenvalue weighted by atomic mass is 10.1. The first kappa shape index (κ1) is 20.9. The fourth-order valence-electron chi connectivity index (χ4n) is 3.06. The average Bonchev–Trinajstić information content (AvgIpc) is 2.48. The van der Waals surface area contributed by atoms with Crippen molar-refractivity contribution in [1.82, 2.24) is 15.1 Å². The van der Waals surface area contributed by atoms with Gasteiger partial charge in [-0.25, -0.2) is 0 Å². The maximum atomic E-state index is 12.2. The Kier molecular flexibility index (Phi) is 10.6. The topological polar surface area (TPSA) is 44.8 Å². The van der Waals surface area contributed by atoms with Gasteiger partial charge in [-0.05, 0) is 19.9 Å². The van der Waals surface area contributed by atoms with Gasteiger partial charge in [-0.1, -0.05) is 6.92 Å². The summed E-state index contributed by atoms with van der Waals surface area (Å²) in [5.74, 6) is 0.376. The van der Waals surface area contributed by atoms with E-state index in [9.17, 15) is 4.79 Å². The zero-order chi connectivity index (χ0) is 13.7. The second-order valence-corrected chi connectivity index (χ2v) is 5.66. The summed E-state index contributed by atoms with van der Waals surface area (Å²) in [7, 11) is 1.90. The van der Waals surface area contributed by atoms with Gasteiger partial charge in [-0.3, -0.25) is 9.69 Å². The van der Waals surface area contributed by atoms with Gasteiger partial charge in [0.2, 0.25) is 5.91 Å². The third kappa shape index (κ3) is 5.91. The van der Waals surface area contributed by atoms with Gasteiger partial charge in [-0.15, -0.1) is 24.8 Å². The summed E-state index contributed by atoms with van der Waals surface area (Å²) in [5, 5.41) is 3.08. The summed E-state index contributed by atoms with van der Waals surface area (Å²) < 4.78 is 5.41. The van der Waals surface area contributed by atoms with Crippen molar-refractivity contribution in [1.29, 1.82) is 0 Å². The summed E-state index contributed by atoms with van der Waals surface area (Å²) in [6.07, 6.45) is 2.29. The molecule has 1 unspecified atom stereocenters. The number of piperazine rings is 1. The molecule has 2 heterocycles. The van der Waals surface area contributed by atoms with Crippen molar-refractivity contribution in [2.45, 2.75) is 25.8 Å². The molecule has 2 aliphatic rings. The van der Waals surface area contributed by atoms with E-state index in [1.807, 2.05) is 18.9 Å². The van der Waals surface area contributed by atoms with Crippen LogP contribution in [0.25, 0.3) is 0 Å². The van der Waals surface area contributed by atoms with Crippen LogP contribution in [0.1, 0.15) is 19.8 Å². The van der Waals surface area contributed by atoms with Crippen LogP contribution in [0.15, 0.2) is 0 Å². The molecule has 5 nitrogen and oxygen atoms in total. The predicted octanol–water partition coefficient (Wildman–Crippen LogP) is 1.01. The number of nitrogens with zero attached hydrogens (tertiary/aromatic N) is 2. The maximum Gasteiger partial charge on any atom is 0.226 e. The van der Waals surface area contributed by atoms with E-state index in [2.05, 4.69) is 10.2 Å². The third-order valence-electron chi connectivity index (χ3n) is 4.27. The van der Waals surface area contributed by atoms with Crippen LogP contribution in [0.2, 0.25) is 0 Å². The molecule has 7 heteroatoms. The van der Waals surface area contributed by atoms with Gasteiger partial charge in [0.05, 0.1) is 0 Å². The zero-order valence-electron chi connectivity index (χ0n) is 13.0. The molecule has 0 aliphatic carbocycles. The van der Waals surface area contributed by atoms with Gasteiger partial charge in [0.25, 0.3) is 0 Å². The Morgan fingerprint density at radius 1 is 1.19 bits per heavy atom. The fraction of sp³-hybridized carbons (Fsp3) is 0.929. The summed E-state index contributed by atoms with van der Waals surface area (Å²) in [4.78, 5) is 16.8. The van der Waals surface area contributed by atoms with Crippen molar-refractivity contribution in [3.05, 3.63) is 0 Å². The molecule has 0 aromatic heterocycles. The fourth-order valence-corrected chi connectivity index (χ4v) is 3.06. The molecule has 0 saturated carbocycles. The molecule has 1 amide bonds. The van der Waals surface area contributed by atoms with Gasteiger partial charge in [0.15, 0.2) is 0 Å². The van der Waals surface area contributed by atoms with E-state index in [4.69, 9.17) is 4.74 Å². The Hall–Kier alpha value is -0.0700. The lowest BCUT2D eigenvalue weighted by Gasteiger charge is -2.41. The summed E-state index contributed by atoms with van der Waals surface area (Å²) in [5.41, 5.74) is 0. The molecule has 0 spiro atoms. The summed E-state index contributed by atoms with van der Waals surface area (Å²) in [6.45, 7) is 8.34. The number of hydrogen-bond acceptors (Lipinski definition) is 4. The number of hydrogen-bond donors (Lipinski definition) is 1. The number of halogens is 2. The van der Waals surface area contributed by atoms with E-state index >= 15 is 0 Å². The molecule has 0 bridgehead atoms. The second-order valence-electron chi connectivity index (χ2n) is 5.66. The Morgan fingerprint density at radius 3 is 2.29 bits per heavy atom. The van der Waals surface area contributed by atoms with Crippen LogP contribution in [0, 0.1) is 5.92 Å². The highest BCUT2D eigenvalue weighted by Gasteiger charge is 2.28. The number of ether oxygens (including phenoxy) is 1. The SMILES string of the molecule is CNCC(C)C(=O)N1CCN(C2CCOCC2)CC1.Cl.Cl. The van der Waals surface area contributed by atoms with Gasteiger partial charge in [-0.2, -0.15) is 0 Å². The Balaban J connectivity index is 0.00000200. The molecule has 1 atom stereocenters. The van der Waals surface area contributed by atoms with Crippen molar-refractivity contribution < 1.29 is 9.53 Å². The minimum atomic E-state index is 0. The van der Waals surface area contributed by atoms with Crippen LogP contribution in [0.3, 0.4) is 0 Å². The van der Waals surface area contributed by atoms with E-state index in [1.165, 1.54) is 0 Å². The standard InChI is InChI=1S/C14H27N3O2.2ClH/c1-12(11-15-2)14(18)17-7-5-16(6-8-17)13-3-9-19-10-4-13;;/h12-13,15H,3-11H2,1-2H3;2*1H. The maximum absolute atomic E-state index is 12.2. The first-order valence-electron chi connectivity index (χ1n) is 7.47. The van der Waals surface area contributed by atoms with E-state index in [-0.39, 0.29) is 30.7 Å². The van der Waals surface area contributed by atoms with Crippen molar-refractivity contribution in [2.24, 2.45) is 5.92 Å². The molecule has 126 valence electrons. The number of carbonyl (C=O) groups is 1. The molecule has 0 radical (unpaired) electrons. The summed E-state index contributed by atoms with van der Waals surface area (Å²) in [6, 6.07) is 0.667. The van der Waals surface area contributed by atoms with Gasteiger partial charge < -0.3 is 15.0 Å². The second kappa shape index (κ2) is 10.6. The minimum Gasteiger partial charge on any atom is -0.381 e. The Morgan fingerprint density at radius 2 is 1.76 bits per heavy atom. The van der Waals surface area contributed by atoms with E-state index in [1.54, 1.807) is 0 Å². The van der Waals surface area contributed by atoms with Crippen LogP contribution in [0.5, 0.6) is 0 Å². The van der Waals surface area contributed by atoms with Crippen molar-refractivity contribution >= 4 is 30.7 Å². The monoisotopic (exact) mass is 341 g/mol. The molecule has 2 rings (SSSR count). The molecule has 2 fully saturated rings. The van der Waals surface area contributed by atoms with E-state index in [0.29, 0.717) is 11.9 Å². The molecule has 0 aromatic carbocycles. The molecule has 2 saturated heterocycles. The number of carbonyl (C=O) groups excluding carboxylic acids is 1. The smallest absolute Gasteiger partial charge is 0.226 e. The minimum absolute atomic E-state index is 0. The molecular formula is C14H29Cl2N3O2. The first-order valence-corrected chi connectivity index (χ1v) is 7.47.